The fourth-order valence-electron chi connectivity index (χ4n) is 1.50. The lowest BCUT2D eigenvalue weighted by Crippen LogP contribution is -2.13. The van der Waals surface area contributed by atoms with E-state index >= 15 is 0 Å². The molecule has 8 heteroatoms. The number of anilines is 1. The van der Waals surface area contributed by atoms with Crippen LogP contribution in [-0.4, -0.2) is 24.0 Å². The Morgan fingerprint density at radius 3 is 2.90 bits per heavy atom. The molecule has 5 nitrogen and oxygen atoms in total. The third-order valence-corrected chi connectivity index (χ3v) is 3.96. The standard InChI is InChI=1S/C13H10BrFN2O3S/c1-20-11(18)5-8-6-21-13(16-8)17-12(19)9-3-2-7(15)4-10(9)14/h2-4,6H,5H2,1H3,(H,16,17,19). The van der Waals surface area contributed by atoms with Crippen molar-refractivity contribution in [2.24, 2.45) is 0 Å². The maximum absolute atomic E-state index is 13.0. The van der Waals surface area contributed by atoms with Gasteiger partial charge in [0.1, 0.15) is 5.82 Å². The van der Waals surface area contributed by atoms with Gasteiger partial charge in [-0.2, -0.15) is 0 Å². The maximum Gasteiger partial charge on any atom is 0.311 e. The first kappa shape index (κ1) is 15.6. The Bertz CT molecular complexity index is 690. The lowest BCUT2D eigenvalue weighted by atomic mass is 10.2. The van der Waals surface area contributed by atoms with E-state index in [1.807, 2.05) is 0 Å². The Morgan fingerprint density at radius 1 is 1.48 bits per heavy atom. The Balaban J connectivity index is 2.07. The molecule has 1 amide bonds. The molecule has 0 atom stereocenters. The Morgan fingerprint density at radius 2 is 2.24 bits per heavy atom. The summed E-state index contributed by atoms with van der Waals surface area (Å²) in [6.07, 6.45) is 0.0448. The van der Waals surface area contributed by atoms with Gasteiger partial charge < -0.3 is 4.74 Å². The van der Waals surface area contributed by atoms with Crippen LogP contribution in [0.3, 0.4) is 0 Å². The zero-order chi connectivity index (χ0) is 15.4. The van der Waals surface area contributed by atoms with Crippen LogP contribution in [0.5, 0.6) is 0 Å². The number of nitrogens with one attached hydrogen (secondary N) is 1. The van der Waals surface area contributed by atoms with Gasteiger partial charge >= 0.3 is 5.97 Å². The first-order valence-electron chi connectivity index (χ1n) is 5.77. The summed E-state index contributed by atoms with van der Waals surface area (Å²) >= 11 is 4.32. The van der Waals surface area contributed by atoms with Crippen LogP contribution in [0.4, 0.5) is 9.52 Å². The molecule has 0 unspecified atom stereocenters. The topological polar surface area (TPSA) is 68.3 Å². The second-order valence-electron chi connectivity index (χ2n) is 3.98. The van der Waals surface area contributed by atoms with E-state index in [1.165, 1.54) is 36.6 Å². The van der Waals surface area contributed by atoms with Crippen LogP contribution in [0.15, 0.2) is 28.1 Å². The second-order valence-corrected chi connectivity index (χ2v) is 5.69. The molecule has 0 aliphatic heterocycles. The first-order valence-corrected chi connectivity index (χ1v) is 7.44. The van der Waals surface area contributed by atoms with Gasteiger partial charge in [-0.25, -0.2) is 9.37 Å². The summed E-state index contributed by atoms with van der Waals surface area (Å²) in [7, 11) is 1.30. The quantitative estimate of drug-likeness (QED) is 0.837. The summed E-state index contributed by atoms with van der Waals surface area (Å²) in [6.45, 7) is 0. The number of hydrogen-bond acceptors (Lipinski definition) is 5. The van der Waals surface area contributed by atoms with Gasteiger partial charge in [0.15, 0.2) is 5.13 Å². The third-order valence-electron chi connectivity index (χ3n) is 2.50. The molecule has 0 aliphatic rings. The van der Waals surface area contributed by atoms with Crippen LogP contribution in [0.2, 0.25) is 0 Å². The van der Waals surface area contributed by atoms with E-state index in [4.69, 9.17) is 0 Å². The molecule has 2 aromatic rings. The van der Waals surface area contributed by atoms with Gasteiger partial charge in [-0.1, -0.05) is 0 Å². The highest BCUT2D eigenvalue weighted by molar-refractivity contribution is 9.10. The molecule has 0 aliphatic carbocycles. The van der Waals surface area contributed by atoms with Crippen LogP contribution in [0.25, 0.3) is 0 Å². The van der Waals surface area contributed by atoms with E-state index in [-0.39, 0.29) is 6.42 Å². The molecule has 1 aromatic heterocycles. The second kappa shape index (κ2) is 6.77. The Kier molecular flexibility index (Phi) is 5.03. The molecule has 0 radical (unpaired) electrons. The number of carbonyl (C=O) groups is 2. The predicted octanol–water partition coefficient (Wildman–Crippen LogP) is 3.01. The number of nitrogens with zero attached hydrogens (tertiary/aromatic N) is 1. The maximum atomic E-state index is 13.0. The van der Waals surface area contributed by atoms with Crippen molar-refractivity contribution >= 4 is 44.3 Å². The molecule has 1 aromatic carbocycles. The van der Waals surface area contributed by atoms with Crippen molar-refractivity contribution in [3.05, 3.63) is 45.1 Å². The average Bonchev–Trinajstić information content (AvgIpc) is 2.85. The fourth-order valence-corrected chi connectivity index (χ4v) is 2.74. The van der Waals surface area contributed by atoms with Gasteiger partial charge in [0.2, 0.25) is 0 Å². The van der Waals surface area contributed by atoms with Crippen molar-refractivity contribution in [3.63, 3.8) is 0 Å². The first-order chi connectivity index (χ1) is 9.99. The highest BCUT2D eigenvalue weighted by Crippen LogP contribution is 2.21. The molecule has 1 N–H and O–H groups in total. The molecule has 21 heavy (non-hydrogen) atoms. The minimum absolute atomic E-state index is 0.0448. The number of ether oxygens (including phenoxy) is 1. The largest absolute Gasteiger partial charge is 0.469 e. The molecule has 0 fully saturated rings. The monoisotopic (exact) mass is 372 g/mol. The van der Waals surface area contributed by atoms with E-state index < -0.39 is 17.7 Å². The summed E-state index contributed by atoms with van der Waals surface area (Å²) in [6, 6.07) is 3.78. The van der Waals surface area contributed by atoms with E-state index in [9.17, 15) is 14.0 Å². The molecule has 0 spiro atoms. The fraction of sp³-hybridized carbons (Fsp3) is 0.154. The SMILES string of the molecule is COC(=O)Cc1csc(NC(=O)c2ccc(F)cc2Br)n1. The van der Waals surface area contributed by atoms with Crippen LogP contribution in [-0.2, 0) is 16.0 Å². The molecule has 0 saturated heterocycles. The number of rotatable bonds is 4. The highest BCUT2D eigenvalue weighted by atomic mass is 79.9. The Labute approximate surface area is 132 Å². The number of benzene rings is 1. The van der Waals surface area contributed by atoms with Gasteiger partial charge in [-0.05, 0) is 34.1 Å². The van der Waals surface area contributed by atoms with E-state index in [1.54, 1.807) is 5.38 Å². The van der Waals surface area contributed by atoms with Crippen molar-refractivity contribution in [1.29, 1.82) is 0 Å². The minimum atomic E-state index is -0.437. The van der Waals surface area contributed by atoms with Gasteiger partial charge in [-0.3, -0.25) is 14.9 Å². The normalized spacial score (nSPS) is 10.2. The van der Waals surface area contributed by atoms with Gasteiger partial charge in [0, 0.05) is 9.85 Å². The van der Waals surface area contributed by atoms with Gasteiger partial charge in [0.05, 0.1) is 24.8 Å². The predicted molar refractivity (Wildman–Crippen MR) is 79.9 cm³/mol. The number of amides is 1. The molecular weight excluding hydrogens is 363 g/mol. The molecule has 0 saturated carbocycles. The average molecular weight is 373 g/mol. The van der Waals surface area contributed by atoms with Crippen molar-refractivity contribution < 1.29 is 18.7 Å². The van der Waals surface area contributed by atoms with Crippen molar-refractivity contribution in [1.82, 2.24) is 4.98 Å². The van der Waals surface area contributed by atoms with Crippen LogP contribution in [0.1, 0.15) is 16.1 Å². The van der Waals surface area contributed by atoms with Crippen LogP contribution >= 0.6 is 27.3 Å². The molecule has 1 heterocycles. The van der Waals surface area contributed by atoms with E-state index in [0.717, 1.165) is 0 Å². The third kappa shape index (κ3) is 4.08. The molecule has 110 valence electrons. The van der Waals surface area contributed by atoms with Crippen LogP contribution < -0.4 is 5.32 Å². The molecule has 2 rings (SSSR count). The Hall–Kier alpha value is -1.80. The minimum Gasteiger partial charge on any atom is -0.469 e. The molecular formula is C13H10BrFN2O3S. The summed E-state index contributed by atoms with van der Waals surface area (Å²) < 4.78 is 17.9. The number of esters is 1. The summed E-state index contributed by atoms with van der Waals surface area (Å²) in [5.74, 6) is -1.26. The lowest BCUT2D eigenvalue weighted by Gasteiger charge is -2.04. The van der Waals surface area contributed by atoms with Gasteiger partial charge in [-0.15, -0.1) is 11.3 Å². The van der Waals surface area contributed by atoms with E-state index in [0.29, 0.717) is 20.9 Å². The smallest absolute Gasteiger partial charge is 0.311 e. The van der Waals surface area contributed by atoms with Crippen molar-refractivity contribution in [2.75, 3.05) is 12.4 Å². The number of hydrogen-bond donors (Lipinski definition) is 1. The summed E-state index contributed by atoms with van der Waals surface area (Å²) in [5.41, 5.74) is 0.807. The number of methoxy groups -OCH3 is 1. The number of carbonyl (C=O) groups excluding carboxylic acids is 2. The number of halogens is 2. The number of aromatic nitrogens is 1. The lowest BCUT2D eigenvalue weighted by molar-refractivity contribution is -0.139. The van der Waals surface area contributed by atoms with E-state index in [2.05, 4.69) is 31.0 Å². The van der Waals surface area contributed by atoms with Crippen molar-refractivity contribution in [2.45, 2.75) is 6.42 Å². The van der Waals surface area contributed by atoms with Crippen molar-refractivity contribution in [3.8, 4) is 0 Å². The summed E-state index contributed by atoms with van der Waals surface area (Å²) in [5, 5.41) is 4.61. The molecule has 0 bridgehead atoms. The highest BCUT2D eigenvalue weighted by Gasteiger charge is 2.14. The number of thiazole rings is 1. The zero-order valence-corrected chi connectivity index (χ0v) is 13.3. The summed E-state index contributed by atoms with van der Waals surface area (Å²) in [4.78, 5) is 27.3. The van der Waals surface area contributed by atoms with Crippen LogP contribution in [0, 0.1) is 5.82 Å². The van der Waals surface area contributed by atoms with Gasteiger partial charge in [0.25, 0.3) is 5.91 Å². The zero-order valence-electron chi connectivity index (χ0n) is 10.9.